The number of rotatable bonds is 21. The van der Waals surface area contributed by atoms with Gasteiger partial charge in [-0.3, -0.25) is 9.59 Å². The third-order valence-electron chi connectivity index (χ3n) is 11.9. The van der Waals surface area contributed by atoms with Crippen LogP contribution >= 0.6 is 23.2 Å². The number of methoxy groups -OCH3 is 4. The fourth-order valence-corrected chi connectivity index (χ4v) is 8.11. The minimum absolute atomic E-state index is 0.139. The molecule has 2 heterocycles. The minimum Gasteiger partial charge on any atom is -0.496 e. The van der Waals surface area contributed by atoms with Gasteiger partial charge < -0.3 is 80.7 Å². The van der Waals surface area contributed by atoms with Crippen molar-refractivity contribution in [2.45, 2.75) is 62.2 Å². The van der Waals surface area contributed by atoms with Crippen LogP contribution in [0, 0.1) is 11.6 Å². The predicted octanol–water partition coefficient (Wildman–Crippen LogP) is 4.59. The summed E-state index contributed by atoms with van der Waals surface area (Å²) >= 11 is 12.2. The van der Waals surface area contributed by atoms with Gasteiger partial charge in [0.25, 0.3) is 11.8 Å². The molecule has 2 aliphatic heterocycles. The molecule has 24 heteroatoms. The van der Waals surface area contributed by atoms with Gasteiger partial charge in [0.15, 0.2) is 12.2 Å². The molecule has 0 saturated carbocycles. The quantitative estimate of drug-likeness (QED) is 0.0418. The van der Waals surface area contributed by atoms with Gasteiger partial charge in [0, 0.05) is 65.6 Å². The molecule has 0 bridgehead atoms. The second-order valence-corrected chi connectivity index (χ2v) is 17.7. The van der Waals surface area contributed by atoms with E-state index in [0.717, 1.165) is 51.9 Å². The number of carboxylic acid groups (broad SMARTS) is 2. The average molecular weight is 1080 g/mol. The molecular weight excluding hydrogens is 1020 g/mol. The molecule has 406 valence electrons. The molecule has 0 aromatic heterocycles. The number of halogens is 4. The molecule has 0 aliphatic carbocycles. The lowest BCUT2D eigenvalue weighted by atomic mass is 10.0. The fraction of sp³-hybridized carbons (Fsp3) is 0.440. The van der Waals surface area contributed by atoms with Crippen molar-refractivity contribution in [3.05, 3.63) is 106 Å². The molecule has 2 amide bonds. The van der Waals surface area contributed by atoms with Gasteiger partial charge in [0.05, 0.1) is 84.3 Å². The fourth-order valence-electron chi connectivity index (χ4n) is 7.79. The molecule has 20 nitrogen and oxygen atoms in total. The van der Waals surface area contributed by atoms with Gasteiger partial charge in [-0.15, -0.1) is 0 Å². The Balaban J connectivity index is 0.000000271. The molecule has 2 aliphatic rings. The van der Waals surface area contributed by atoms with Gasteiger partial charge in [-0.25, -0.2) is 18.4 Å². The van der Waals surface area contributed by atoms with Gasteiger partial charge in [0.2, 0.25) is 0 Å². The van der Waals surface area contributed by atoms with E-state index >= 15 is 0 Å². The van der Waals surface area contributed by atoms with Crippen molar-refractivity contribution >= 4 is 58.3 Å². The van der Waals surface area contributed by atoms with E-state index in [-0.39, 0.29) is 47.7 Å². The second kappa shape index (κ2) is 30.2. The Morgan fingerprint density at radius 2 is 0.986 bits per heavy atom. The van der Waals surface area contributed by atoms with E-state index in [2.05, 4.69) is 20.4 Å². The Morgan fingerprint density at radius 1 is 0.635 bits per heavy atom. The third-order valence-corrected chi connectivity index (χ3v) is 12.5. The minimum atomic E-state index is -2.27. The maximum atomic E-state index is 12.9. The maximum absolute atomic E-state index is 12.9. The molecule has 4 aromatic carbocycles. The van der Waals surface area contributed by atoms with Crippen LogP contribution in [0.25, 0.3) is 0 Å². The van der Waals surface area contributed by atoms with Crippen LogP contribution < -0.4 is 41.0 Å². The summed E-state index contributed by atoms with van der Waals surface area (Å²) in [4.78, 5) is 49.8. The van der Waals surface area contributed by atoms with E-state index in [1.807, 2.05) is 0 Å². The number of carbonyl (C=O) groups excluding carboxylic acids is 2. The maximum Gasteiger partial charge on any atom is 0.335 e. The number of hydrogen-bond acceptors (Lipinski definition) is 16. The monoisotopic (exact) mass is 1080 g/mol. The van der Waals surface area contributed by atoms with E-state index < -0.39 is 24.1 Å². The highest BCUT2D eigenvalue weighted by Crippen LogP contribution is 2.31. The Morgan fingerprint density at radius 3 is 1.30 bits per heavy atom. The molecule has 2 unspecified atom stereocenters. The second-order valence-electron chi connectivity index (χ2n) is 16.9. The standard InChI is InChI=1S/2C23H29ClFN3O4.C4H6O6/c2*1-30-21-13-19(26)18(24)12-17(21)23(29)27-20-8-10-28(14-22(20)31-2)9-3-11-32-16-6-4-15(25)5-7-16;5-1(3(7)8)2(6)4(9)10/h2*4-7,12-13,20,22H,3,8-11,14,26H2,1-2H3,(H,27,29);1-2,5-6H,(H,7,8)(H,9,10)/t2*20-,22+;/m11./s1. The number of benzene rings is 4. The van der Waals surface area contributed by atoms with E-state index in [1.165, 1.54) is 50.6 Å². The van der Waals surface area contributed by atoms with Gasteiger partial charge in [-0.05, 0) is 86.3 Å². The van der Waals surface area contributed by atoms with Crippen LogP contribution in [0.3, 0.4) is 0 Å². The molecule has 0 radical (unpaired) electrons. The number of carbonyl (C=O) groups is 4. The summed E-state index contributed by atoms with van der Waals surface area (Å²) in [5.41, 5.74) is 13.0. The molecule has 2 fully saturated rings. The van der Waals surface area contributed by atoms with Crippen LogP contribution in [-0.4, -0.2) is 171 Å². The summed E-state index contributed by atoms with van der Waals surface area (Å²) in [6.07, 6.45) is -1.70. The molecule has 6 atom stereocenters. The largest absolute Gasteiger partial charge is 0.496 e. The lowest BCUT2D eigenvalue weighted by Crippen LogP contribution is -2.55. The Bertz CT molecular complexity index is 2280. The van der Waals surface area contributed by atoms with Crippen LogP contribution in [-0.2, 0) is 19.1 Å². The van der Waals surface area contributed by atoms with Crippen molar-refractivity contribution in [1.82, 2.24) is 20.4 Å². The lowest BCUT2D eigenvalue weighted by molar-refractivity contribution is -0.165. The number of anilines is 2. The molecule has 0 spiro atoms. The number of aliphatic hydroxyl groups excluding tert-OH is 2. The summed E-state index contributed by atoms with van der Waals surface area (Å²) in [6.45, 7) is 5.78. The Kier molecular flexibility index (Phi) is 24.6. The van der Waals surface area contributed by atoms with Gasteiger partial charge in [0.1, 0.15) is 34.6 Å². The van der Waals surface area contributed by atoms with Gasteiger partial charge >= 0.3 is 11.9 Å². The average Bonchev–Trinajstić information content (AvgIpc) is 3.39. The summed E-state index contributed by atoms with van der Waals surface area (Å²) in [6, 6.07) is 17.8. The molecular formula is C50H64Cl2F2N6O14. The zero-order chi connectivity index (χ0) is 54.5. The molecule has 6 rings (SSSR count). The van der Waals surface area contributed by atoms with Crippen molar-refractivity contribution in [2.75, 3.05) is 92.4 Å². The van der Waals surface area contributed by atoms with Crippen molar-refractivity contribution < 1.29 is 76.8 Å². The molecule has 4 aromatic rings. The predicted molar refractivity (Wildman–Crippen MR) is 271 cm³/mol. The van der Waals surface area contributed by atoms with Crippen LogP contribution in [0.15, 0.2) is 72.8 Å². The Hall–Kier alpha value is -6.24. The Labute approximate surface area is 437 Å². The lowest BCUT2D eigenvalue weighted by Gasteiger charge is -2.38. The van der Waals surface area contributed by atoms with Crippen molar-refractivity contribution in [3.8, 4) is 23.0 Å². The number of amides is 2. The van der Waals surface area contributed by atoms with E-state index in [0.29, 0.717) is 81.8 Å². The number of piperidine rings is 2. The number of carboxylic acids is 2. The number of aliphatic carboxylic acids is 2. The molecule has 2 saturated heterocycles. The number of hydrogen-bond donors (Lipinski definition) is 8. The van der Waals surface area contributed by atoms with Crippen molar-refractivity contribution in [1.29, 1.82) is 0 Å². The van der Waals surface area contributed by atoms with E-state index in [9.17, 15) is 28.0 Å². The zero-order valence-electron chi connectivity index (χ0n) is 41.3. The zero-order valence-corrected chi connectivity index (χ0v) is 42.8. The van der Waals surface area contributed by atoms with Crippen LogP contribution in [0.5, 0.6) is 23.0 Å². The topological polar surface area (TPSA) is 287 Å². The highest BCUT2D eigenvalue weighted by atomic mass is 35.5. The van der Waals surface area contributed by atoms with E-state index in [4.69, 9.17) is 83.5 Å². The van der Waals surface area contributed by atoms with Gasteiger partial charge in [-0.1, -0.05) is 23.2 Å². The number of nitrogens with one attached hydrogen (secondary N) is 2. The summed E-state index contributed by atoms with van der Waals surface area (Å²) < 4.78 is 59.1. The van der Waals surface area contributed by atoms with Crippen molar-refractivity contribution in [3.63, 3.8) is 0 Å². The molecule has 10 N–H and O–H groups in total. The first-order valence-corrected chi connectivity index (χ1v) is 24.0. The number of nitrogens with zero attached hydrogens (tertiary/aromatic N) is 2. The first-order chi connectivity index (χ1) is 35.3. The first-order valence-electron chi connectivity index (χ1n) is 23.2. The number of ether oxygens (including phenoxy) is 6. The number of nitrogens with two attached hydrogens (primary N) is 2. The van der Waals surface area contributed by atoms with E-state index in [1.54, 1.807) is 50.6 Å². The SMILES string of the molecule is COc1cc(N)c(Cl)cc1C(=O)N[C@@H]1CCN(CCCOc2ccc(F)cc2)C[C@@H]1OC.COc1cc(N)c(Cl)cc1C(=O)N[C@@H]1CCN(CCCOc2ccc(F)cc2)C[C@@H]1OC.O=C(O)C(O)C(O)C(=O)O. The van der Waals surface area contributed by atoms with Crippen LogP contribution in [0.1, 0.15) is 46.4 Å². The van der Waals surface area contributed by atoms with Gasteiger partial charge in [-0.2, -0.15) is 0 Å². The first kappa shape index (κ1) is 60.3. The smallest absolute Gasteiger partial charge is 0.335 e. The highest BCUT2D eigenvalue weighted by molar-refractivity contribution is 6.34. The summed E-state index contributed by atoms with van der Waals surface area (Å²) in [5.74, 6) is -2.61. The van der Waals surface area contributed by atoms with Crippen LogP contribution in [0.2, 0.25) is 10.0 Å². The highest BCUT2D eigenvalue weighted by Gasteiger charge is 2.33. The van der Waals surface area contributed by atoms with Crippen molar-refractivity contribution in [2.24, 2.45) is 0 Å². The number of aliphatic hydroxyl groups is 2. The normalized spacial score (nSPS) is 18.5. The number of nitrogen functional groups attached to an aromatic ring is 2. The van der Waals surface area contributed by atoms with Crippen LogP contribution in [0.4, 0.5) is 20.2 Å². The summed E-state index contributed by atoms with van der Waals surface area (Å²) in [7, 11) is 6.25. The number of likely N-dealkylation sites (tertiary alicyclic amines) is 2. The third kappa shape index (κ3) is 18.6. The summed E-state index contributed by atoms with van der Waals surface area (Å²) in [5, 5.41) is 39.2. The molecule has 74 heavy (non-hydrogen) atoms.